The minimum absolute atomic E-state index is 0.0243. The summed E-state index contributed by atoms with van der Waals surface area (Å²) in [6.07, 6.45) is 8.61. The van der Waals surface area contributed by atoms with E-state index in [4.69, 9.17) is 9.84 Å². The molecule has 0 radical (unpaired) electrons. The van der Waals surface area contributed by atoms with Gasteiger partial charge in [0.1, 0.15) is 12.6 Å². The number of rotatable bonds is 7. The normalized spacial score (nSPS) is 42.6. The van der Waals surface area contributed by atoms with E-state index >= 15 is 0 Å². The van der Waals surface area contributed by atoms with Crippen LogP contribution >= 0.6 is 0 Å². The third kappa shape index (κ3) is 3.91. The van der Waals surface area contributed by atoms with Gasteiger partial charge >= 0.3 is 11.9 Å². The van der Waals surface area contributed by atoms with Gasteiger partial charge in [0.15, 0.2) is 0 Å². The lowest BCUT2D eigenvalue weighted by Gasteiger charge is -2.53. The summed E-state index contributed by atoms with van der Waals surface area (Å²) in [4.78, 5) is 37.2. The van der Waals surface area contributed by atoms with E-state index in [1.165, 1.54) is 32.1 Å². The third-order valence-corrected chi connectivity index (χ3v) is 8.44. The molecular formula is C23H35NO5. The average Bonchev–Trinajstić information content (AvgIpc) is 3.07. The van der Waals surface area contributed by atoms with E-state index in [0.717, 1.165) is 31.1 Å². The van der Waals surface area contributed by atoms with Crippen LogP contribution in [-0.2, 0) is 19.1 Å². The predicted octanol–water partition coefficient (Wildman–Crippen LogP) is 3.24. The number of nitrogens with one attached hydrogen (secondary N) is 1. The van der Waals surface area contributed by atoms with Crippen LogP contribution in [0.1, 0.15) is 65.2 Å². The molecule has 4 bridgehead atoms. The first-order valence-electron chi connectivity index (χ1n) is 11.6. The molecule has 0 heterocycles. The summed E-state index contributed by atoms with van der Waals surface area (Å²) in [5.74, 6) is 0.366. The van der Waals surface area contributed by atoms with Gasteiger partial charge in [-0.25, -0.2) is 0 Å². The Morgan fingerprint density at radius 1 is 0.862 bits per heavy atom. The fraction of sp³-hybridized carbons (Fsp3) is 0.870. The zero-order chi connectivity index (χ0) is 20.7. The van der Waals surface area contributed by atoms with Crippen LogP contribution in [0.4, 0.5) is 0 Å². The fourth-order valence-corrected chi connectivity index (χ4v) is 7.39. The quantitative estimate of drug-likeness (QED) is 0.634. The van der Waals surface area contributed by atoms with E-state index in [2.05, 4.69) is 12.2 Å². The SMILES string of the molecule is CCC1CC(CC)C(C(=O)OC2C3CC4CC(C3)CC2C4)C1C(=O)NCC(=O)O. The molecule has 4 atom stereocenters. The molecule has 5 aliphatic rings. The van der Waals surface area contributed by atoms with Gasteiger partial charge in [0.25, 0.3) is 0 Å². The van der Waals surface area contributed by atoms with Crippen molar-refractivity contribution in [2.45, 2.75) is 71.3 Å². The molecule has 5 fully saturated rings. The molecule has 0 spiro atoms. The van der Waals surface area contributed by atoms with Crippen LogP contribution in [0, 0.1) is 47.3 Å². The van der Waals surface area contributed by atoms with Gasteiger partial charge in [0.2, 0.25) is 5.91 Å². The molecule has 29 heavy (non-hydrogen) atoms. The number of carbonyl (C=O) groups excluding carboxylic acids is 2. The molecule has 1 amide bonds. The topological polar surface area (TPSA) is 92.7 Å². The Balaban J connectivity index is 1.49. The number of carboxylic acids is 1. The Hall–Kier alpha value is -1.59. The van der Waals surface area contributed by atoms with Crippen molar-refractivity contribution in [2.24, 2.45) is 47.3 Å². The van der Waals surface area contributed by atoms with Gasteiger partial charge in [0, 0.05) is 0 Å². The first-order chi connectivity index (χ1) is 13.9. The second-order valence-electron chi connectivity index (χ2n) is 10.1. The molecular weight excluding hydrogens is 370 g/mol. The summed E-state index contributed by atoms with van der Waals surface area (Å²) in [5, 5.41) is 11.5. The zero-order valence-corrected chi connectivity index (χ0v) is 17.6. The van der Waals surface area contributed by atoms with Gasteiger partial charge < -0.3 is 15.2 Å². The second kappa shape index (κ2) is 8.27. The lowest BCUT2D eigenvalue weighted by molar-refractivity contribution is -0.179. The van der Waals surface area contributed by atoms with Crippen LogP contribution < -0.4 is 5.32 Å². The molecule has 5 saturated carbocycles. The zero-order valence-electron chi connectivity index (χ0n) is 17.6. The maximum atomic E-state index is 13.4. The average molecular weight is 406 g/mol. The van der Waals surface area contributed by atoms with Crippen LogP contribution in [0.3, 0.4) is 0 Å². The number of amides is 1. The smallest absolute Gasteiger partial charge is 0.322 e. The number of esters is 1. The Bertz CT molecular complexity index is 634. The Kier molecular flexibility index (Phi) is 5.90. The van der Waals surface area contributed by atoms with E-state index in [9.17, 15) is 14.4 Å². The highest BCUT2D eigenvalue weighted by Crippen LogP contribution is 2.55. The van der Waals surface area contributed by atoms with Gasteiger partial charge in [0.05, 0.1) is 11.8 Å². The van der Waals surface area contributed by atoms with E-state index in [-0.39, 0.29) is 29.8 Å². The van der Waals surface area contributed by atoms with Gasteiger partial charge in [-0.1, -0.05) is 26.7 Å². The first kappa shape index (κ1) is 20.7. The number of hydrogen-bond donors (Lipinski definition) is 2. The number of ether oxygens (including phenoxy) is 1. The van der Waals surface area contributed by atoms with Crippen molar-refractivity contribution in [3.8, 4) is 0 Å². The van der Waals surface area contributed by atoms with Crippen molar-refractivity contribution in [1.29, 1.82) is 0 Å². The van der Waals surface area contributed by atoms with Crippen molar-refractivity contribution in [2.75, 3.05) is 6.54 Å². The largest absolute Gasteiger partial charge is 0.480 e. The summed E-state index contributed by atoms with van der Waals surface area (Å²) in [6, 6.07) is 0. The van der Waals surface area contributed by atoms with Crippen LogP contribution in [0.2, 0.25) is 0 Å². The summed E-state index contributed by atoms with van der Waals surface area (Å²) >= 11 is 0. The summed E-state index contributed by atoms with van der Waals surface area (Å²) in [5.41, 5.74) is 0. The standard InChI is InChI=1S/C23H35NO5/c1-3-14-10-15(4-2)20(19(14)22(27)24-11-18(25)26)23(28)29-21-16-6-12-5-13(8-16)9-17(21)7-12/h12-17,19-21H,3-11H2,1-2H3,(H,24,27)(H,25,26). The summed E-state index contributed by atoms with van der Waals surface area (Å²) in [6.45, 7) is 3.71. The summed E-state index contributed by atoms with van der Waals surface area (Å²) in [7, 11) is 0. The molecule has 0 aromatic rings. The van der Waals surface area contributed by atoms with Gasteiger partial charge in [-0.2, -0.15) is 0 Å². The molecule has 5 rings (SSSR count). The molecule has 0 aromatic carbocycles. The van der Waals surface area contributed by atoms with Crippen LogP contribution in [0.15, 0.2) is 0 Å². The molecule has 5 aliphatic carbocycles. The molecule has 0 saturated heterocycles. The van der Waals surface area contributed by atoms with Crippen LogP contribution in [0.5, 0.6) is 0 Å². The Labute approximate surface area is 173 Å². The van der Waals surface area contributed by atoms with Crippen molar-refractivity contribution in [1.82, 2.24) is 5.32 Å². The lowest BCUT2D eigenvalue weighted by atomic mass is 9.55. The maximum absolute atomic E-state index is 13.4. The number of hydrogen-bond acceptors (Lipinski definition) is 4. The molecule has 162 valence electrons. The lowest BCUT2D eigenvalue weighted by Crippen LogP contribution is -2.51. The molecule has 6 heteroatoms. The van der Waals surface area contributed by atoms with Crippen molar-refractivity contribution >= 4 is 17.8 Å². The summed E-state index contributed by atoms with van der Waals surface area (Å²) < 4.78 is 6.21. The minimum atomic E-state index is -1.07. The molecule has 6 nitrogen and oxygen atoms in total. The molecule has 0 aromatic heterocycles. The van der Waals surface area contributed by atoms with Gasteiger partial charge in [-0.05, 0) is 74.0 Å². The third-order valence-electron chi connectivity index (χ3n) is 8.44. The van der Waals surface area contributed by atoms with Crippen molar-refractivity contribution < 1.29 is 24.2 Å². The van der Waals surface area contributed by atoms with Crippen molar-refractivity contribution in [3.05, 3.63) is 0 Å². The van der Waals surface area contributed by atoms with Gasteiger partial charge in [-0.15, -0.1) is 0 Å². The Morgan fingerprint density at radius 3 is 1.93 bits per heavy atom. The highest BCUT2D eigenvalue weighted by molar-refractivity contribution is 5.88. The van der Waals surface area contributed by atoms with Crippen LogP contribution in [0.25, 0.3) is 0 Å². The minimum Gasteiger partial charge on any atom is -0.480 e. The fourth-order valence-electron chi connectivity index (χ4n) is 7.39. The predicted molar refractivity (Wildman–Crippen MR) is 107 cm³/mol. The van der Waals surface area contributed by atoms with Gasteiger partial charge in [-0.3, -0.25) is 14.4 Å². The van der Waals surface area contributed by atoms with E-state index in [0.29, 0.717) is 11.8 Å². The monoisotopic (exact) mass is 405 g/mol. The van der Waals surface area contributed by atoms with Crippen molar-refractivity contribution in [3.63, 3.8) is 0 Å². The van der Waals surface area contributed by atoms with E-state index in [1.807, 2.05) is 6.92 Å². The highest BCUT2D eigenvalue weighted by atomic mass is 16.5. The molecule has 4 unspecified atom stereocenters. The molecule has 2 N–H and O–H groups in total. The van der Waals surface area contributed by atoms with E-state index < -0.39 is 24.3 Å². The number of carboxylic acid groups (broad SMARTS) is 1. The van der Waals surface area contributed by atoms with E-state index in [1.54, 1.807) is 0 Å². The highest BCUT2D eigenvalue weighted by Gasteiger charge is 2.53. The molecule has 0 aliphatic heterocycles. The Morgan fingerprint density at radius 2 is 1.41 bits per heavy atom. The number of aliphatic carboxylic acids is 1. The maximum Gasteiger partial charge on any atom is 0.322 e. The first-order valence-corrected chi connectivity index (χ1v) is 11.6. The van der Waals surface area contributed by atoms with Crippen LogP contribution in [-0.4, -0.2) is 35.6 Å². The number of carbonyl (C=O) groups is 3. The second-order valence-corrected chi connectivity index (χ2v) is 10.1.